The van der Waals surface area contributed by atoms with Crippen LogP contribution in [0.15, 0.2) is 4.90 Å². The zero-order valence-electron chi connectivity index (χ0n) is 12.7. The highest BCUT2D eigenvalue weighted by atomic mass is 32.2. The number of nitrogens with zero attached hydrogens (tertiary/aromatic N) is 1. The summed E-state index contributed by atoms with van der Waals surface area (Å²) in [6.45, 7) is 8.64. The third kappa shape index (κ3) is 2.84. The second-order valence-electron chi connectivity index (χ2n) is 5.70. The SMILES string of the molecule is CCC(=O)c1sc(N2CCC(C(C)C)C2)c(SC)c1N. The van der Waals surface area contributed by atoms with Crippen molar-refractivity contribution in [2.45, 2.75) is 38.5 Å². The Hall–Kier alpha value is -0.680. The van der Waals surface area contributed by atoms with Crippen LogP contribution in [0.25, 0.3) is 0 Å². The quantitative estimate of drug-likeness (QED) is 0.656. The van der Waals surface area contributed by atoms with Gasteiger partial charge in [-0.15, -0.1) is 23.1 Å². The monoisotopic (exact) mass is 312 g/mol. The van der Waals surface area contributed by atoms with E-state index in [9.17, 15) is 4.79 Å². The van der Waals surface area contributed by atoms with Crippen LogP contribution in [0.1, 0.15) is 43.3 Å². The molecule has 1 aliphatic heterocycles. The number of rotatable bonds is 5. The van der Waals surface area contributed by atoms with Gasteiger partial charge < -0.3 is 10.6 Å². The van der Waals surface area contributed by atoms with Crippen LogP contribution >= 0.6 is 23.1 Å². The van der Waals surface area contributed by atoms with Crippen LogP contribution < -0.4 is 10.6 Å². The van der Waals surface area contributed by atoms with Gasteiger partial charge in [-0.25, -0.2) is 0 Å². The lowest BCUT2D eigenvalue weighted by molar-refractivity contribution is 0.0992. The Labute approximate surface area is 129 Å². The predicted molar refractivity (Wildman–Crippen MR) is 90.3 cm³/mol. The van der Waals surface area contributed by atoms with Crippen molar-refractivity contribution in [1.29, 1.82) is 0 Å². The fourth-order valence-corrected chi connectivity index (χ4v) is 4.93. The molecule has 1 aromatic rings. The molecule has 5 heteroatoms. The average Bonchev–Trinajstić information content (AvgIpc) is 3.02. The molecule has 2 N–H and O–H groups in total. The first kappa shape index (κ1) is 15.7. The maximum absolute atomic E-state index is 12.0. The predicted octanol–water partition coefficient (Wildman–Crippen LogP) is 4.13. The van der Waals surface area contributed by atoms with Crippen molar-refractivity contribution >= 4 is 39.6 Å². The van der Waals surface area contributed by atoms with Crippen molar-refractivity contribution in [3.8, 4) is 0 Å². The number of hydrogen-bond donors (Lipinski definition) is 1. The molecule has 1 saturated heterocycles. The highest BCUT2D eigenvalue weighted by Crippen LogP contribution is 2.46. The minimum absolute atomic E-state index is 0.161. The van der Waals surface area contributed by atoms with Gasteiger partial charge in [0.2, 0.25) is 0 Å². The summed E-state index contributed by atoms with van der Waals surface area (Å²) >= 11 is 3.24. The molecule has 0 spiro atoms. The number of nitrogens with two attached hydrogens (primary N) is 1. The highest BCUT2D eigenvalue weighted by Gasteiger charge is 2.29. The molecule has 0 saturated carbocycles. The zero-order valence-corrected chi connectivity index (χ0v) is 14.4. The average molecular weight is 313 g/mol. The van der Waals surface area contributed by atoms with E-state index in [2.05, 4.69) is 18.7 Å². The molecule has 0 aliphatic carbocycles. The summed E-state index contributed by atoms with van der Waals surface area (Å²) in [5.74, 6) is 1.62. The standard InChI is InChI=1S/C15H24N2OS2/c1-5-11(18)13-12(16)14(19-4)15(20-13)17-7-6-10(8-17)9(2)3/h9-10H,5-8,16H2,1-4H3. The minimum atomic E-state index is 0.161. The van der Waals surface area contributed by atoms with Crippen molar-refractivity contribution in [3.05, 3.63) is 4.88 Å². The van der Waals surface area contributed by atoms with Gasteiger partial charge in [0.25, 0.3) is 0 Å². The number of carbonyl (C=O) groups excluding carboxylic acids is 1. The van der Waals surface area contributed by atoms with Gasteiger partial charge in [0.05, 0.1) is 15.5 Å². The number of anilines is 2. The zero-order chi connectivity index (χ0) is 14.9. The number of ketones is 1. The topological polar surface area (TPSA) is 46.3 Å². The van der Waals surface area contributed by atoms with Crippen LogP contribution in [-0.4, -0.2) is 25.1 Å². The van der Waals surface area contributed by atoms with E-state index in [1.165, 1.54) is 11.4 Å². The Kier molecular flexibility index (Phi) is 5.02. The first-order chi connectivity index (χ1) is 9.49. The second-order valence-corrected chi connectivity index (χ2v) is 7.51. The van der Waals surface area contributed by atoms with Crippen LogP contribution in [0.5, 0.6) is 0 Å². The molecule has 1 unspecified atom stereocenters. The molecular formula is C15H24N2OS2. The molecule has 3 nitrogen and oxygen atoms in total. The third-order valence-electron chi connectivity index (χ3n) is 4.12. The lowest BCUT2D eigenvalue weighted by Gasteiger charge is -2.19. The van der Waals surface area contributed by atoms with E-state index in [1.54, 1.807) is 23.1 Å². The molecule has 1 fully saturated rings. The largest absolute Gasteiger partial charge is 0.396 e. The highest BCUT2D eigenvalue weighted by molar-refractivity contribution is 7.99. The van der Waals surface area contributed by atoms with Gasteiger partial charge in [-0.3, -0.25) is 4.79 Å². The number of thioether (sulfide) groups is 1. The van der Waals surface area contributed by atoms with Gasteiger partial charge in [-0.1, -0.05) is 20.8 Å². The molecule has 20 heavy (non-hydrogen) atoms. The molecule has 2 rings (SSSR count). The molecule has 2 heterocycles. The molecule has 0 bridgehead atoms. The number of thiophene rings is 1. The molecule has 0 amide bonds. The summed E-state index contributed by atoms with van der Waals surface area (Å²) in [7, 11) is 0. The van der Waals surface area contributed by atoms with Crippen LogP contribution in [0.4, 0.5) is 10.7 Å². The normalized spacial score (nSPS) is 19.1. The molecule has 1 atom stereocenters. The number of Topliss-reactive ketones (excluding diaryl/α,β-unsaturated/α-hetero) is 1. The van der Waals surface area contributed by atoms with Gasteiger partial charge in [-0.05, 0) is 24.5 Å². The van der Waals surface area contributed by atoms with Gasteiger partial charge >= 0.3 is 0 Å². The lowest BCUT2D eigenvalue weighted by Crippen LogP contribution is -2.20. The van der Waals surface area contributed by atoms with E-state index in [4.69, 9.17) is 5.73 Å². The third-order valence-corrected chi connectivity index (χ3v) is 6.37. The van der Waals surface area contributed by atoms with E-state index in [-0.39, 0.29) is 5.78 Å². The Bertz CT molecular complexity index is 496. The Balaban J connectivity index is 2.30. The van der Waals surface area contributed by atoms with Crippen molar-refractivity contribution in [2.75, 3.05) is 30.0 Å². The molecule has 1 aliphatic rings. The maximum atomic E-state index is 12.0. The lowest BCUT2D eigenvalue weighted by atomic mass is 9.95. The Morgan fingerprint density at radius 2 is 2.25 bits per heavy atom. The summed E-state index contributed by atoms with van der Waals surface area (Å²) in [4.78, 5) is 16.3. The second kappa shape index (κ2) is 6.39. The van der Waals surface area contributed by atoms with Crippen molar-refractivity contribution in [3.63, 3.8) is 0 Å². The number of carbonyl (C=O) groups is 1. The number of hydrogen-bond acceptors (Lipinski definition) is 5. The first-order valence-electron chi connectivity index (χ1n) is 7.23. The molecule has 0 radical (unpaired) electrons. The van der Waals surface area contributed by atoms with Gasteiger partial charge in [0, 0.05) is 19.5 Å². The smallest absolute Gasteiger partial charge is 0.174 e. The van der Waals surface area contributed by atoms with Crippen molar-refractivity contribution in [1.82, 2.24) is 0 Å². The number of nitrogen functional groups attached to an aromatic ring is 1. The van der Waals surface area contributed by atoms with Gasteiger partial charge in [0.15, 0.2) is 5.78 Å². The van der Waals surface area contributed by atoms with E-state index >= 15 is 0 Å². The van der Waals surface area contributed by atoms with Crippen LogP contribution in [0, 0.1) is 11.8 Å². The van der Waals surface area contributed by atoms with E-state index in [0.717, 1.165) is 28.8 Å². The summed E-state index contributed by atoms with van der Waals surface area (Å²) in [6, 6.07) is 0. The fraction of sp³-hybridized carbons (Fsp3) is 0.667. The molecule has 1 aromatic heterocycles. The molecular weight excluding hydrogens is 288 g/mol. The van der Waals surface area contributed by atoms with Crippen molar-refractivity contribution in [2.24, 2.45) is 11.8 Å². The van der Waals surface area contributed by atoms with E-state index < -0.39 is 0 Å². The van der Waals surface area contributed by atoms with Crippen LogP contribution in [0.2, 0.25) is 0 Å². The van der Waals surface area contributed by atoms with E-state index in [0.29, 0.717) is 18.0 Å². The summed E-state index contributed by atoms with van der Waals surface area (Å²) in [5.41, 5.74) is 6.89. The summed E-state index contributed by atoms with van der Waals surface area (Å²) in [5, 5.41) is 1.20. The Morgan fingerprint density at radius 1 is 1.55 bits per heavy atom. The Morgan fingerprint density at radius 3 is 2.75 bits per heavy atom. The van der Waals surface area contributed by atoms with Crippen molar-refractivity contribution < 1.29 is 4.79 Å². The summed E-state index contributed by atoms with van der Waals surface area (Å²) in [6.07, 6.45) is 3.80. The van der Waals surface area contributed by atoms with Gasteiger partial charge in [-0.2, -0.15) is 0 Å². The molecule has 112 valence electrons. The maximum Gasteiger partial charge on any atom is 0.174 e. The minimum Gasteiger partial charge on any atom is -0.396 e. The summed E-state index contributed by atoms with van der Waals surface area (Å²) < 4.78 is 0. The fourth-order valence-electron chi connectivity index (χ4n) is 2.71. The van der Waals surface area contributed by atoms with E-state index in [1.807, 2.05) is 13.2 Å². The first-order valence-corrected chi connectivity index (χ1v) is 9.28. The van der Waals surface area contributed by atoms with Gasteiger partial charge in [0.1, 0.15) is 5.00 Å². The molecule has 0 aromatic carbocycles. The van der Waals surface area contributed by atoms with Crippen LogP contribution in [-0.2, 0) is 0 Å². The van der Waals surface area contributed by atoms with Crippen LogP contribution in [0.3, 0.4) is 0 Å².